The largest absolute Gasteiger partial charge is 0.474 e. The second-order valence-electron chi connectivity index (χ2n) is 6.41. The van der Waals surface area contributed by atoms with Crippen molar-refractivity contribution >= 4 is 0 Å². The van der Waals surface area contributed by atoms with Crippen molar-refractivity contribution in [1.82, 2.24) is 10.3 Å². The van der Waals surface area contributed by atoms with Gasteiger partial charge in [0.05, 0.1) is 17.3 Å². The molecule has 0 amide bonds. The van der Waals surface area contributed by atoms with Crippen LogP contribution in [0, 0.1) is 11.3 Å². The Balaban J connectivity index is 1.60. The van der Waals surface area contributed by atoms with E-state index in [0.717, 1.165) is 24.1 Å². The van der Waals surface area contributed by atoms with Crippen LogP contribution in [0.5, 0.6) is 5.88 Å². The third kappa shape index (κ3) is 3.06. The fourth-order valence-electron chi connectivity index (χ4n) is 3.66. The lowest BCUT2D eigenvalue weighted by Crippen LogP contribution is -2.42. The van der Waals surface area contributed by atoms with Crippen LogP contribution < -0.4 is 10.1 Å². The molecular formula is C19H19N3O. The molecule has 23 heavy (non-hydrogen) atoms. The lowest BCUT2D eigenvalue weighted by Gasteiger charge is -2.29. The van der Waals surface area contributed by atoms with Crippen molar-refractivity contribution < 1.29 is 4.74 Å². The number of piperidine rings is 1. The maximum absolute atomic E-state index is 9.29. The van der Waals surface area contributed by atoms with E-state index >= 15 is 0 Å². The van der Waals surface area contributed by atoms with Crippen molar-refractivity contribution in [1.29, 1.82) is 5.26 Å². The predicted octanol–water partition coefficient (Wildman–Crippen LogP) is 3.28. The Kier molecular flexibility index (Phi) is 3.72. The van der Waals surface area contributed by atoms with Gasteiger partial charge in [-0.05, 0) is 31.7 Å². The molecule has 0 spiro atoms. The fraction of sp³-hybridized carbons (Fsp3) is 0.368. The summed E-state index contributed by atoms with van der Waals surface area (Å²) in [6.45, 7) is 0. The molecule has 4 heteroatoms. The summed E-state index contributed by atoms with van der Waals surface area (Å²) < 4.78 is 6.14. The summed E-state index contributed by atoms with van der Waals surface area (Å²) in [6, 6.07) is 16.8. The van der Waals surface area contributed by atoms with E-state index in [1.54, 1.807) is 6.07 Å². The summed E-state index contributed by atoms with van der Waals surface area (Å²) in [5, 5.41) is 12.9. The molecule has 116 valence electrons. The maximum atomic E-state index is 9.29. The van der Waals surface area contributed by atoms with Crippen molar-refractivity contribution in [2.45, 2.75) is 43.9 Å². The van der Waals surface area contributed by atoms with Crippen LogP contribution >= 0.6 is 0 Å². The molecule has 4 rings (SSSR count). The maximum Gasteiger partial charge on any atom is 0.215 e. The van der Waals surface area contributed by atoms with E-state index in [2.05, 4.69) is 16.4 Å². The molecule has 2 fully saturated rings. The lowest BCUT2D eigenvalue weighted by molar-refractivity contribution is 0.132. The number of hydrogen-bond acceptors (Lipinski definition) is 4. The summed E-state index contributed by atoms with van der Waals surface area (Å²) in [6.07, 6.45) is 4.72. The number of fused-ring (bicyclic) bond motifs is 2. The molecule has 0 radical (unpaired) electrons. The molecule has 3 heterocycles. The Morgan fingerprint density at radius 1 is 1.09 bits per heavy atom. The van der Waals surface area contributed by atoms with Gasteiger partial charge in [0.1, 0.15) is 6.10 Å². The van der Waals surface area contributed by atoms with Crippen LogP contribution in [0.3, 0.4) is 0 Å². The number of hydrogen-bond donors (Lipinski definition) is 1. The molecule has 1 N–H and O–H groups in total. The predicted molar refractivity (Wildman–Crippen MR) is 88.0 cm³/mol. The molecule has 2 bridgehead atoms. The number of nitrogens with zero attached hydrogens (tertiary/aromatic N) is 2. The number of ether oxygens (including phenoxy) is 1. The minimum absolute atomic E-state index is 0.193. The van der Waals surface area contributed by atoms with Crippen molar-refractivity contribution in [3.05, 3.63) is 48.0 Å². The van der Waals surface area contributed by atoms with E-state index in [1.165, 1.54) is 12.8 Å². The van der Waals surface area contributed by atoms with Gasteiger partial charge < -0.3 is 10.1 Å². The molecule has 2 saturated heterocycles. The molecule has 0 unspecified atom stereocenters. The zero-order valence-corrected chi connectivity index (χ0v) is 12.9. The van der Waals surface area contributed by atoms with Gasteiger partial charge in [-0.2, -0.15) is 5.26 Å². The van der Waals surface area contributed by atoms with E-state index in [-0.39, 0.29) is 6.10 Å². The molecule has 2 aromatic rings. The molecule has 1 aromatic carbocycles. The zero-order valence-electron chi connectivity index (χ0n) is 12.9. The quantitative estimate of drug-likeness (QED) is 0.945. The molecule has 4 nitrogen and oxygen atoms in total. The Hall–Kier alpha value is -2.38. The van der Waals surface area contributed by atoms with Crippen LogP contribution in [-0.4, -0.2) is 23.2 Å². The molecule has 3 atom stereocenters. The van der Waals surface area contributed by atoms with Crippen LogP contribution in [0.15, 0.2) is 42.5 Å². The van der Waals surface area contributed by atoms with Crippen molar-refractivity contribution in [2.24, 2.45) is 0 Å². The Morgan fingerprint density at radius 2 is 1.83 bits per heavy atom. The SMILES string of the molecule is N#Cc1cc(O[C@@H]2C[C@H]3CC[C@@H](C2)N3)nc(-c2ccccc2)c1. The average molecular weight is 305 g/mol. The third-order valence-corrected chi connectivity index (χ3v) is 4.72. The number of pyridine rings is 1. The number of nitriles is 1. The molecule has 2 aliphatic rings. The number of rotatable bonds is 3. The van der Waals surface area contributed by atoms with Gasteiger partial charge in [-0.25, -0.2) is 4.98 Å². The van der Waals surface area contributed by atoms with E-state index in [9.17, 15) is 5.26 Å². The van der Waals surface area contributed by atoms with E-state index in [0.29, 0.717) is 23.5 Å². The van der Waals surface area contributed by atoms with Gasteiger partial charge >= 0.3 is 0 Å². The topological polar surface area (TPSA) is 57.9 Å². The van der Waals surface area contributed by atoms with E-state index in [4.69, 9.17) is 4.74 Å². The zero-order chi connectivity index (χ0) is 15.6. The summed E-state index contributed by atoms with van der Waals surface area (Å²) >= 11 is 0. The van der Waals surface area contributed by atoms with E-state index < -0.39 is 0 Å². The Labute approximate surface area is 136 Å². The van der Waals surface area contributed by atoms with Gasteiger partial charge in [0.15, 0.2) is 0 Å². The first-order chi connectivity index (χ1) is 11.3. The Morgan fingerprint density at radius 3 is 2.52 bits per heavy atom. The first-order valence-corrected chi connectivity index (χ1v) is 8.20. The normalized spacial score (nSPS) is 25.8. The molecule has 0 saturated carbocycles. The van der Waals surface area contributed by atoms with Crippen LogP contribution in [0.25, 0.3) is 11.3 Å². The summed E-state index contributed by atoms with van der Waals surface area (Å²) in [7, 11) is 0. The highest BCUT2D eigenvalue weighted by atomic mass is 16.5. The lowest BCUT2D eigenvalue weighted by atomic mass is 10.0. The first kappa shape index (κ1) is 14.2. The average Bonchev–Trinajstić information content (AvgIpc) is 2.94. The molecule has 1 aromatic heterocycles. The third-order valence-electron chi connectivity index (χ3n) is 4.72. The highest BCUT2D eigenvalue weighted by Gasteiger charge is 2.34. The van der Waals surface area contributed by atoms with Crippen LogP contribution in [0.4, 0.5) is 0 Å². The van der Waals surface area contributed by atoms with Gasteiger partial charge in [0, 0.05) is 23.7 Å². The number of benzene rings is 1. The van der Waals surface area contributed by atoms with Gasteiger partial charge in [-0.3, -0.25) is 0 Å². The second kappa shape index (κ2) is 6.02. The summed E-state index contributed by atoms with van der Waals surface area (Å²) in [5.41, 5.74) is 2.38. The Bertz CT molecular complexity index is 726. The highest BCUT2D eigenvalue weighted by Crippen LogP contribution is 2.30. The summed E-state index contributed by atoms with van der Waals surface area (Å²) in [4.78, 5) is 4.62. The second-order valence-corrected chi connectivity index (χ2v) is 6.41. The van der Waals surface area contributed by atoms with E-state index in [1.807, 2.05) is 36.4 Å². The van der Waals surface area contributed by atoms with Crippen LogP contribution in [0.2, 0.25) is 0 Å². The summed E-state index contributed by atoms with van der Waals surface area (Å²) in [5.74, 6) is 0.564. The fourth-order valence-corrected chi connectivity index (χ4v) is 3.66. The molecule has 0 aliphatic carbocycles. The monoisotopic (exact) mass is 305 g/mol. The van der Waals surface area contributed by atoms with Crippen molar-refractivity contribution in [3.63, 3.8) is 0 Å². The van der Waals surface area contributed by atoms with Gasteiger partial charge in [0.2, 0.25) is 5.88 Å². The van der Waals surface area contributed by atoms with Crippen LogP contribution in [0.1, 0.15) is 31.2 Å². The van der Waals surface area contributed by atoms with Crippen molar-refractivity contribution in [2.75, 3.05) is 0 Å². The smallest absolute Gasteiger partial charge is 0.215 e. The molecular weight excluding hydrogens is 286 g/mol. The minimum Gasteiger partial charge on any atom is -0.474 e. The van der Waals surface area contributed by atoms with Crippen LogP contribution in [-0.2, 0) is 0 Å². The van der Waals surface area contributed by atoms with Gasteiger partial charge in [-0.15, -0.1) is 0 Å². The van der Waals surface area contributed by atoms with Crippen molar-refractivity contribution in [3.8, 4) is 23.2 Å². The number of aromatic nitrogens is 1. The molecule has 2 aliphatic heterocycles. The minimum atomic E-state index is 0.193. The van der Waals surface area contributed by atoms with Gasteiger partial charge in [0.25, 0.3) is 0 Å². The number of nitrogens with one attached hydrogen (secondary N) is 1. The highest BCUT2D eigenvalue weighted by molar-refractivity contribution is 5.61. The van der Waals surface area contributed by atoms with Gasteiger partial charge in [-0.1, -0.05) is 30.3 Å². The first-order valence-electron chi connectivity index (χ1n) is 8.20. The standard InChI is InChI=1S/C19H19N3O/c20-12-13-8-18(14-4-2-1-3-5-14)22-19(9-13)23-17-10-15-6-7-16(11-17)21-15/h1-5,8-9,15-17,21H,6-7,10-11H2/t15-,16+,17-.